The molecule has 0 aromatic heterocycles. The van der Waals surface area contributed by atoms with E-state index in [2.05, 4.69) is 39.3 Å². The molecule has 1 N–H and O–H groups in total. The summed E-state index contributed by atoms with van der Waals surface area (Å²) in [6, 6.07) is 0.773. The summed E-state index contributed by atoms with van der Waals surface area (Å²) < 4.78 is 6.10. The molecule has 0 rings (SSSR count). The van der Waals surface area contributed by atoms with Crippen LogP contribution in [0, 0.1) is 0 Å². The fourth-order valence-electron chi connectivity index (χ4n) is 1.36. The topological polar surface area (TPSA) is 46.5 Å². The lowest BCUT2D eigenvalue weighted by Gasteiger charge is -2.30. The average molecular weight is 293 g/mol. The Labute approximate surface area is 111 Å². The normalized spacial score (nSPS) is 13.0. The summed E-state index contributed by atoms with van der Waals surface area (Å²) in [4.78, 5) is 10.6. The Morgan fingerprint density at radius 3 is 1.94 bits per heavy atom. The van der Waals surface area contributed by atoms with Crippen molar-refractivity contribution in [3.63, 3.8) is 0 Å². The number of carboxylic acids is 1. The summed E-state index contributed by atoms with van der Waals surface area (Å²) in [6.07, 6.45) is 1.79. The highest BCUT2D eigenvalue weighted by Gasteiger charge is 2.28. The lowest BCUT2D eigenvalue weighted by atomic mass is 10.3. The smallest absolute Gasteiger partial charge is 0.330 e. The van der Waals surface area contributed by atoms with Crippen LogP contribution in [0.1, 0.15) is 6.92 Å². The fraction of sp³-hybridized carbons (Fsp3) is 0.727. The minimum absolute atomic E-state index is 0.412. The predicted octanol–water partition coefficient (Wildman–Crippen LogP) is 2.47. The molecule has 0 saturated carbocycles. The number of hydrogen-bond donors (Lipinski definition) is 1. The maximum absolute atomic E-state index is 10.6. The van der Waals surface area contributed by atoms with Crippen LogP contribution >= 0.6 is 0 Å². The van der Waals surface area contributed by atoms with Crippen LogP contribution in [0.15, 0.2) is 11.6 Å². The molecule has 0 radical (unpaired) electrons. The molecule has 0 atom stereocenters. The van der Waals surface area contributed by atoms with Gasteiger partial charge in [0.05, 0.1) is 0 Å². The third kappa shape index (κ3) is 12.1. The van der Waals surface area contributed by atoms with Gasteiger partial charge in [0, 0.05) is 5.57 Å². The Bertz CT molecular complexity index is 268. The van der Waals surface area contributed by atoms with E-state index in [9.17, 15) is 4.79 Å². The molecule has 0 aromatic carbocycles. The number of carboxylic acid groups (broad SMARTS) is 1. The first-order chi connectivity index (χ1) is 7.53. The van der Waals surface area contributed by atoms with Gasteiger partial charge in [0.25, 0.3) is 0 Å². The fourth-order valence-corrected chi connectivity index (χ4v) is 9.12. The van der Waals surface area contributed by atoms with Crippen molar-refractivity contribution in [2.45, 2.75) is 52.2 Å². The van der Waals surface area contributed by atoms with Gasteiger partial charge in [-0.1, -0.05) is 12.6 Å². The molecule has 102 valence electrons. The first kappa shape index (κ1) is 19.2. The minimum atomic E-state index is -1.73. The summed E-state index contributed by atoms with van der Waals surface area (Å²) in [6.45, 7) is 14.5. The summed E-state index contributed by atoms with van der Waals surface area (Å²) >= 11 is 0. The van der Waals surface area contributed by atoms with Crippen LogP contribution in [-0.2, 0) is 8.91 Å². The van der Waals surface area contributed by atoms with Crippen LogP contribution in [0.5, 0.6) is 0 Å². The predicted molar refractivity (Wildman–Crippen MR) is 83.9 cm³/mol. The van der Waals surface area contributed by atoms with Gasteiger partial charge in [-0.25, -0.2) is 4.79 Å². The van der Waals surface area contributed by atoms with Crippen LogP contribution in [0.3, 0.4) is 0 Å². The number of carbonyl (C=O) groups is 1. The summed E-state index contributed by atoms with van der Waals surface area (Å²) in [5, 5.41) is 8.73. The highest BCUT2D eigenvalue weighted by atomic mass is 28.4. The molecule has 0 spiro atoms. The van der Waals surface area contributed by atoms with Crippen molar-refractivity contribution in [3.05, 3.63) is 11.6 Å². The van der Waals surface area contributed by atoms with Crippen molar-refractivity contribution >= 4 is 32.8 Å². The average Bonchev–Trinajstić information content (AvgIpc) is 2.13. The summed E-state index contributed by atoms with van der Waals surface area (Å²) in [5.74, 6) is -0.840. The van der Waals surface area contributed by atoms with E-state index < -0.39 is 22.6 Å². The maximum Gasteiger partial charge on any atom is 0.330 e. The van der Waals surface area contributed by atoms with E-state index in [0.717, 1.165) is 6.04 Å². The second-order valence-electron chi connectivity index (χ2n) is 5.37. The van der Waals surface area contributed by atoms with E-state index in [1.54, 1.807) is 13.0 Å². The number of allylic oxidation sites excluding steroid dienone is 1. The van der Waals surface area contributed by atoms with Crippen molar-refractivity contribution in [1.29, 1.82) is 0 Å². The molecule has 0 fully saturated rings. The molecule has 3 nitrogen and oxygen atoms in total. The molecule has 0 saturated heterocycles. The SMILES string of the molecule is CC(=CC[Si](C)(C)O[Si](C)(C)C)C(=O)O.C[SiH3]. The molecular formula is C11H28O3Si3. The number of rotatable bonds is 5. The largest absolute Gasteiger partial charge is 0.478 e. The Hall–Kier alpha value is -0.179. The van der Waals surface area contributed by atoms with Gasteiger partial charge in [0.1, 0.15) is 0 Å². The van der Waals surface area contributed by atoms with E-state index >= 15 is 0 Å². The number of aliphatic carboxylic acids is 1. The van der Waals surface area contributed by atoms with Crippen LogP contribution in [0.4, 0.5) is 0 Å². The second-order valence-corrected chi connectivity index (χ2v) is 14.3. The zero-order valence-electron chi connectivity index (χ0n) is 12.5. The van der Waals surface area contributed by atoms with Crippen molar-refractivity contribution in [1.82, 2.24) is 0 Å². The third-order valence-corrected chi connectivity index (χ3v) is 7.67. The van der Waals surface area contributed by atoms with Crippen LogP contribution in [-0.4, -0.2) is 38.0 Å². The molecule has 17 heavy (non-hydrogen) atoms. The first-order valence-corrected chi connectivity index (χ1v) is 14.7. The van der Waals surface area contributed by atoms with Crippen LogP contribution in [0.25, 0.3) is 0 Å². The zero-order chi connectivity index (χ0) is 14.3. The Morgan fingerprint density at radius 2 is 1.65 bits per heavy atom. The van der Waals surface area contributed by atoms with E-state index in [0.29, 0.717) is 5.57 Å². The van der Waals surface area contributed by atoms with E-state index in [1.807, 2.05) is 0 Å². The third-order valence-electron chi connectivity index (χ3n) is 1.82. The summed E-state index contributed by atoms with van der Waals surface area (Å²) in [5.41, 5.74) is 0.412. The Morgan fingerprint density at radius 1 is 1.24 bits per heavy atom. The van der Waals surface area contributed by atoms with Crippen LogP contribution < -0.4 is 0 Å². The van der Waals surface area contributed by atoms with Gasteiger partial charge < -0.3 is 9.22 Å². The van der Waals surface area contributed by atoms with Gasteiger partial charge in [0.2, 0.25) is 0 Å². The Kier molecular flexibility index (Phi) is 9.04. The molecule has 0 heterocycles. The van der Waals surface area contributed by atoms with Gasteiger partial charge in [0.15, 0.2) is 16.6 Å². The molecule has 0 aliphatic carbocycles. The van der Waals surface area contributed by atoms with Crippen molar-refractivity contribution in [2.24, 2.45) is 0 Å². The molecule has 6 heteroatoms. The molecule has 0 aliphatic heterocycles. The molecule has 0 bridgehead atoms. The van der Waals surface area contributed by atoms with Gasteiger partial charge in [-0.15, -0.1) is 0 Å². The van der Waals surface area contributed by atoms with E-state index in [-0.39, 0.29) is 0 Å². The Balaban J connectivity index is 0. The van der Waals surface area contributed by atoms with Crippen molar-refractivity contribution < 1.29 is 14.0 Å². The first-order valence-electron chi connectivity index (χ1n) is 6.14. The quantitative estimate of drug-likeness (QED) is 0.625. The van der Waals surface area contributed by atoms with Gasteiger partial charge in [-0.05, 0) is 55.9 Å². The standard InChI is InChI=1S/C10H22O3Si2.CH6Si/c1-9(10(11)12)7-8-15(5,6)13-14(2,3)4;1-2/h7H,8H2,1-6H3,(H,11,12);1-2H3. The van der Waals surface area contributed by atoms with Gasteiger partial charge >= 0.3 is 5.97 Å². The highest BCUT2D eigenvalue weighted by molar-refractivity contribution is 6.84. The molecule has 0 aromatic rings. The molecule has 0 aliphatic rings. The molecule has 0 unspecified atom stereocenters. The maximum atomic E-state index is 10.6. The number of hydrogen-bond acceptors (Lipinski definition) is 2. The summed E-state index contributed by atoms with van der Waals surface area (Å²) in [7, 11) is -1.93. The minimum Gasteiger partial charge on any atom is -0.478 e. The lowest BCUT2D eigenvalue weighted by Crippen LogP contribution is -2.41. The van der Waals surface area contributed by atoms with E-state index in [4.69, 9.17) is 9.22 Å². The van der Waals surface area contributed by atoms with Gasteiger partial charge in [-0.3, -0.25) is 0 Å². The zero-order valence-corrected chi connectivity index (χ0v) is 16.5. The van der Waals surface area contributed by atoms with Crippen LogP contribution in [0.2, 0.25) is 45.3 Å². The lowest BCUT2D eigenvalue weighted by molar-refractivity contribution is -0.132. The van der Waals surface area contributed by atoms with E-state index in [1.165, 1.54) is 10.2 Å². The molecule has 0 amide bonds. The second kappa shape index (κ2) is 8.02. The van der Waals surface area contributed by atoms with Crippen molar-refractivity contribution in [2.75, 3.05) is 0 Å². The van der Waals surface area contributed by atoms with Gasteiger partial charge in [-0.2, -0.15) is 0 Å². The molecular weight excluding hydrogens is 264 g/mol. The van der Waals surface area contributed by atoms with Crippen molar-refractivity contribution in [3.8, 4) is 0 Å². The monoisotopic (exact) mass is 292 g/mol. The highest BCUT2D eigenvalue weighted by Crippen LogP contribution is 2.19.